The fraction of sp³-hybridized carbons (Fsp3) is 0.471. The van der Waals surface area contributed by atoms with Gasteiger partial charge in [-0.05, 0) is 5.41 Å². The molecule has 0 bridgehead atoms. The van der Waals surface area contributed by atoms with Crippen LogP contribution < -0.4 is 0 Å². The lowest BCUT2D eigenvalue weighted by atomic mass is 9.62. The highest BCUT2D eigenvalue weighted by atomic mass is 16.5. The number of benzene rings is 1. The van der Waals surface area contributed by atoms with Gasteiger partial charge in [-0.3, -0.25) is 4.79 Å². The summed E-state index contributed by atoms with van der Waals surface area (Å²) >= 11 is 0. The molecule has 0 atom stereocenters. The van der Waals surface area contributed by atoms with Gasteiger partial charge in [-0.25, -0.2) is 0 Å². The van der Waals surface area contributed by atoms with Crippen LogP contribution in [-0.4, -0.2) is 12.9 Å². The minimum atomic E-state index is -0.490. The van der Waals surface area contributed by atoms with Crippen LogP contribution in [0.1, 0.15) is 44.5 Å². The number of Topliss-reactive ketones (excluding diaryl/α,β-unsaturated/α-hetero) is 1. The molecule has 1 aromatic carbocycles. The van der Waals surface area contributed by atoms with Gasteiger partial charge in [0.1, 0.15) is 0 Å². The molecule has 0 saturated heterocycles. The van der Waals surface area contributed by atoms with Crippen LogP contribution in [0, 0.1) is 10.8 Å². The summed E-state index contributed by atoms with van der Waals surface area (Å²) in [6, 6.07) is 9.44. The van der Waals surface area contributed by atoms with Gasteiger partial charge in [0.15, 0.2) is 5.78 Å². The van der Waals surface area contributed by atoms with E-state index >= 15 is 0 Å². The van der Waals surface area contributed by atoms with E-state index in [1.165, 1.54) is 0 Å². The number of carbonyl (C=O) groups excluding carboxylic acids is 1. The average molecular weight is 260 g/mol. The summed E-state index contributed by atoms with van der Waals surface area (Å²) in [4.78, 5) is 12.7. The van der Waals surface area contributed by atoms with Gasteiger partial charge < -0.3 is 4.74 Å². The molecule has 2 heteroatoms. The number of hydrogen-bond acceptors (Lipinski definition) is 2. The maximum absolute atomic E-state index is 12.7. The Morgan fingerprint density at radius 1 is 1.16 bits per heavy atom. The van der Waals surface area contributed by atoms with E-state index in [0.717, 1.165) is 5.56 Å². The van der Waals surface area contributed by atoms with Crippen molar-refractivity contribution in [3.63, 3.8) is 0 Å². The largest absolute Gasteiger partial charge is 0.502 e. The SMILES string of the molecule is C=C(CC(C)(C)C(C)(C)C(=O)c1ccccc1)OC. The van der Waals surface area contributed by atoms with Gasteiger partial charge in [0.05, 0.1) is 12.9 Å². The Balaban J connectivity index is 3.02. The molecular weight excluding hydrogens is 236 g/mol. The highest BCUT2D eigenvalue weighted by Crippen LogP contribution is 2.45. The quantitative estimate of drug-likeness (QED) is 0.557. The summed E-state index contributed by atoms with van der Waals surface area (Å²) in [6.07, 6.45) is 0.662. The molecule has 0 aromatic heterocycles. The number of allylic oxidation sites excluding steroid dienone is 1. The van der Waals surface area contributed by atoms with Crippen molar-refractivity contribution in [1.82, 2.24) is 0 Å². The maximum atomic E-state index is 12.7. The molecule has 2 nitrogen and oxygen atoms in total. The minimum Gasteiger partial charge on any atom is -0.502 e. The molecule has 0 aliphatic heterocycles. The van der Waals surface area contributed by atoms with Crippen molar-refractivity contribution >= 4 is 5.78 Å². The maximum Gasteiger partial charge on any atom is 0.168 e. The van der Waals surface area contributed by atoms with Gasteiger partial charge in [-0.15, -0.1) is 0 Å². The number of ketones is 1. The standard InChI is InChI=1S/C17H24O2/c1-13(19-6)12-16(2,3)17(4,5)15(18)14-10-8-7-9-11-14/h7-11H,1,12H2,2-6H3. The van der Waals surface area contributed by atoms with Crippen LogP contribution >= 0.6 is 0 Å². The zero-order valence-electron chi connectivity index (χ0n) is 12.6. The third kappa shape index (κ3) is 3.25. The number of carbonyl (C=O) groups is 1. The van der Waals surface area contributed by atoms with Crippen molar-refractivity contribution in [1.29, 1.82) is 0 Å². The third-order valence-electron chi connectivity index (χ3n) is 4.22. The number of methoxy groups -OCH3 is 1. The van der Waals surface area contributed by atoms with E-state index in [2.05, 4.69) is 20.4 Å². The van der Waals surface area contributed by atoms with Crippen molar-refractivity contribution in [3.8, 4) is 0 Å². The summed E-state index contributed by atoms with van der Waals surface area (Å²) < 4.78 is 5.16. The summed E-state index contributed by atoms with van der Waals surface area (Å²) in [6.45, 7) is 12.0. The first-order chi connectivity index (χ1) is 8.72. The van der Waals surface area contributed by atoms with Crippen LogP contribution in [-0.2, 0) is 4.74 Å². The van der Waals surface area contributed by atoms with Gasteiger partial charge in [0.2, 0.25) is 0 Å². The lowest BCUT2D eigenvalue weighted by Gasteiger charge is -2.40. The number of ether oxygens (including phenoxy) is 1. The van der Waals surface area contributed by atoms with Crippen LogP contribution in [0.5, 0.6) is 0 Å². The molecule has 0 spiro atoms. The Bertz CT molecular complexity index is 455. The van der Waals surface area contributed by atoms with Gasteiger partial charge >= 0.3 is 0 Å². The number of rotatable bonds is 6. The van der Waals surface area contributed by atoms with Gasteiger partial charge in [0.25, 0.3) is 0 Å². The van der Waals surface area contributed by atoms with E-state index in [0.29, 0.717) is 12.2 Å². The second kappa shape index (κ2) is 5.60. The van der Waals surface area contributed by atoms with Crippen molar-refractivity contribution in [2.45, 2.75) is 34.1 Å². The molecule has 0 aliphatic rings. The Kier molecular flexibility index (Phi) is 4.56. The molecule has 0 unspecified atom stereocenters. The van der Waals surface area contributed by atoms with E-state index in [1.807, 2.05) is 44.2 Å². The van der Waals surface area contributed by atoms with Crippen LogP contribution in [0.2, 0.25) is 0 Å². The molecule has 0 fully saturated rings. The minimum absolute atomic E-state index is 0.155. The predicted octanol–water partition coefficient (Wildman–Crippen LogP) is 4.47. The van der Waals surface area contributed by atoms with Crippen molar-refractivity contribution < 1.29 is 9.53 Å². The molecule has 0 amide bonds. The monoisotopic (exact) mass is 260 g/mol. The first kappa shape index (κ1) is 15.5. The lowest BCUT2D eigenvalue weighted by Crippen LogP contribution is -2.40. The summed E-state index contributed by atoms with van der Waals surface area (Å²) in [5.74, 6) is 0.862. The van der Waals surface area contributed by atoms with E-state index in [9.17, 15) is 4.79 Å². The second-order valence-electron chi connectivity index (χ2n) is 6.12. The van der Waals surface area contributed by atoms with Crippen LogP contribution in [0.3, 0.4) is 0 Å². The normalized spacial score (nSPS) is 12.1. The predicted molar refractivity (Wildman–Crippen MR) is 79.1 cm³/mol. The van der Waals surface area contributed by atoms with Crippen molar-refractivity contribution in [2.24, 2.45) is 10.8 Å². The Morgan fingerprint density at radius 2 is 1.68 bits per heavy atom. The molecule has 0 N–H and O–H groups in total. The zero-order chi connectivity index (χ0) is 14.7. The third-order valence-corrected chi connectivity index (χ3v) is 4.22. The highest BCUT2D eigenvalue weighted by Gasteiger charge is 2.43. The Morgan fingerprint density at radius 3 is 2.16 bits per heavy atom. The van der Waals surface area contributed by atoms with E-state index in [4.69, 9.17) is 4.74 Å². The van der Waals surface area contributed by atoms with Gasteiger partial charge in [0, 0.05) is 17.4 Å². The first-order valence-electron chi connectivity index (χ1n) is 6.54. The zero-order valence-corrected chi connectivity index (χ0v) is 12.6. The Hall–Kier alpha value is -1.57. The molecule has 0 saturated carbocycles. The Labute approximate surface area is 116 Å². The van der Waals surface area contributed by atoms with Gasteiger partial charge in [-0.1, -0.05) is 64.6 Å². The lowest BCUT2D eigenvalue weighted by molar-refractivity contribution is 0.0533. The molecule has 0 radical (unpaired) electrons. The van der Waals surface area contributed by atoms with Crippen LogP contribution in [0.25, 0.3) is 0 Å². The topological polar surface area (TPSA) is 26.3 Å². The molecule has 1 rings (SSSR count). The van der Waals surface area contributed by atoms with E-state index in [-0.39, 0.29) is 11.2 Å². The molecule has 1 aromatic rings. The van der Waals surface area contributed by atoms with Crippen molar-refractivity contribution in [3.05, 3.63) is 48.2 Å². The summed E-state index contributed by atoms with van der Waals surface area (Å²) in [5.41, 5.74) is 0.0339. The average Bonchev–Trinajstić information content (AvgIpc) is 2.38. The van der Waals surface area contributed by atoms with E-state index < -0.39 is 5.41 Å². The summed E-state index contributed by atoms with van der Waals surface area (Å²) in [7, 11) is 1.62. The first-order valence-corrected chi connectivity index (χ1v) is 6.54. The fourth-order valence-electron chi connectivity index (χ4n) is 2.04. The summed E-state index contributed by atoms with van der Waals surface area (Å²) in [5, 5.41) is 0. The van der Waals surface area contributed by atoms with Gasteiger partial charge in [-0.2, -0.15) is 0 Å². The smallest absolute Gasteiger partial charge is 0.168 e. The molecule has 0 aliphatic carbocycles. The van der Waals surface area contributed by atoms with Crippen molar-refractivity contribution in [2.75, 3.05) is 7.11 Å². The molecule has 0 heterocycles. The molecular formula is C17H24O2. The molecule has 104 valence electrons. The fourth-order valence-corrected chi connectivity index (χ4v) is 2.04. The van der Waals surface area contributed by atoms with Crippen LogP contribution in [0.4, 0.5) is 0 Å². The van der Waals surface area contributed by atoms with E-state index in [1.54, 1.807) is 7.11 Å². The molecule has 19 heavy (non-hydrogen) atoms. The van der Waals surface area contributed by atoms with Crippen LogP contribution in [0.15, 0.2) is 42.7 Å². The highest BCUT2D eigenvalue weighted by molar-refractivity contribution is 6.00. The number of hydrogen-bond donors (Lipinski definition) is 0. The second-order valence-corrected chi connectivity index (χ2v) is 6.12.